The van der Waals surface area contributed by atoms with Crippen molar-refractivity contribution in [2.75, 3.05) is 13.1 Å². The number of carbonyl (C=O) groups excluding carboxylic acids is 1. The molecule has 0 aliphatic carbocycles. The second-order valence-electron chi connectivity index (χ2n) is 6.80. The van der Waals surface area contributed by atoms with Crippen molar-refractivity contribution < 1.29 is 4.79 Å². The molecule has 2 aromatic heterocycles. The fourth-order valence-corrected chi connectivity index (χ4v) is 3.54. The maximum atomic E-state index is 12.9. The lowest BCUT2D eigenvalue weighted by Gasteiger charge is -2.16. The number of benzene rings is 1. The molecule has 1 saturated heterocycles. The topological polar surface area (TPSA) is 74.8 Å². The van der Waals surface area contributed by atoms with Gasteiger partial charge in [-0.25, -0.2) is 15.0 Å². The van der Waals surface area contributed by atoms with Gasteiger partial charge in [-0.05, 0) is 51.5 Å². The summed E-state index contributed by atoms with van der Waals surface area (Å²) >= 11 is 0. The lowest BCUT2D eigenvalue weighted by Crippen LogP contribution is -2.28. The zero-order chi connectivity index (χ0) is 17.6. The number of hydrogen-bond acceptors (Lipinski definition) is 4. The van der Waals surface area contributed by atoms with Crippen LogP contribution in [0.5, 0.6) is 0 Å². The van der Waals surface area contributed by atoms with E-state index in [0.29, 0.717) is 12.1 Å². The van der Waals surface area contributed by atoms with Gasteiger partial charge in [0.25, 0.3) is 5.91 Å². The van der Waals surface area contributed by atoms with Crippen LogP contribution in [0.15, 0.2) is 24.3 Å². The monoisotopic (exact) mass is 335 g/mol. The van der Waals surface area contributed by atoms with Crippen molar-refractivity contribution in [1.29, 1.82) is 0 Å². The van der Waals surface area contributed by atoms with E-state index in [0.717, 1.165) is 47.0 Å². The number of hydrogen-bond donors (Lipinski definition) is 1. The SMILES string of the molecule is Cc1cc(C)nc(C2CCN(C(=O)c3ccc4nc(C)[nH]c4c3)C2)n1. The van der Waals surface area contributed by atoms with Crippen LogP contribution in [0.3, 0.4) is 0 Å². The highest BCUT2D eigenvalue weighted by Crippen LogP contribution is 2.27. The molecular weight excluding hydrogens is 314 g/mol. The van der Waals surface area contributed by atoms with Crippen LogP contribution >= 0.6 is 0 Å². The molecule has 1 fully saturated rings. The summed E-state index contributed by atoms with van der Waals surface area (Å²) in [5, 5.41) is 0. The van der Waals surface area contributed by atoms with E-state index >= 15 is 0 Å². The van der Waals surface area contributed by atoms with Crippen molar-refractivity contribution in [2.24, 2.45) is 0 Å². The lowest BCUT2D eigenvalue weighted by atomic mass is 10.1. The number of rotatable bonds is 2. The maximum absolute atomic E-state index is 12.9. The fraction of sp³-hybridized carbons (Fsp3) is 0.368. The molecule has 0 spiro atoms. The van der Waals surface area contributed by atoms with E-state index in [9.17, 15) is 4.79 Å². The summed E-state index contributed by atoms with van der Waals surface area (Å²) in [6, 6.07) is 7.61. The number of H-pyrrole nitrogens is 1. The summed E-state index contributed by atoms with van der Waals surface area (Å²) in [6.07, 6.45) is 0.903. The molecule has 0 radical (unpaired) electrons. The highest BCUT2D eigenvalue weighted by molar-refractivity contribution is 5.97. The van der Waals surface area contributed by atoms with E-state index in [-0.39, 0.29) is 11.8 Å². The number of imidazole rings is 1. The van der Waals surface area contributed by atoms with Crippen LogP contribution in [-0.4, -0.2) is 43.8 Å². The Bertz CT molecular complexity index is 941. The molecule has 25 heavy (non-hydrogen) atoms. The third-order valence-corrected chi connectivity index (χ3v) is 4.69. The Morgan fingerprint density at radius 2 is 1.88 bits per heavy atom. The Morgan fingerprint density at radius 1 is 1.12 bits per heavy atom. The Morgan fingerprint density at radius 3 is 2.64 bits per heavy atom. The summed E-state index contributed by atoms with van der Waals surface area (Å²) in [5.41, 5.74) is 4.44. The number of fused-ring (bicyclic) bond motifs is 1. The molecule has 6 heteroatoms. The number of carbonyl (C=O) groups is 1. The van der Waals surface area contributed by atoms with Crippen molar-refractivity contribution in [1.82, 2.24) is 24.8 Å². The first-order valence-corrected chi connectivity index (χ1v) is 8.57. The smallest absolute Gasteiger partial charge is 0.253 e. The van der Waals surface area contributed by atoms with Gasteiger partial charge in [0, 0.05) is 36.0 Å². The lowest BCUT2D eigenvalue weighted by molar-refractivity contribution is 0.0790. The van der Waals surface area contributed by atoms with Gasteiger partial charge >= 0.3 is 0 Å². The number of aryl methyl sites for hydroxylation is 3. The number of likely N-dealkylation sites (tertiary alicyclic amines) is 1. The Balaban J connectivity index is 1.54. The molecule has 1 aromatic carbocycles. The standard InChI is InChI=1S/C19H21N5O/c1-11-8-12(2)21-18(20-11)15-6-7-24(10-15)19(25)14-4-5-16-17(9-14)23-13(3)22-16/h4-5,8-9,15H,6-7,10H2,1-3H3,(H,22,23). The van der Waals surface area contributed by atoms with Gasteiger partial charge in [0.1, 0.15) is 11.6 Å². The fourth-order valence-electron chi connectivity index (χ4n) is 3.54. The molecule has 128 valence electrons. The summed E-state index contributed by atoms with van der Waals surface area (Å²) in [6.45, 7) is 7.29. The molecule has 0 bridgehead atoms. The van der Waals surface area contributed by atoms with Crippen LogP contribution in [0.2, 0.25) is 0 Å². The number of nitrogens with one attached hydrogen (secondary N) is 1. The van der Waals surface area contributed by atoms with Crippen molar-refractivity contribution in [3.8, 4) is 0 Å². The molecule has 3 aromatic rings. The normalized spacial score (nSPS) is 17.4. The quantitative estimate of drug-likeness (QED) is 0.781. The van der Waals surface area contributed by atoms with Crippen molar-refractivity contribution in [3.63, 3.8) is 0 Å². The highest BCUT2D eigenvalue weighted by Gasteiger charge is 2.30. The average molecular weight is 335 g/mol. The molecule has 0 saturated carbocycles. The van der Waals surface area contributed by atoms with E-state index in [1.54, 1.807) is 0 Å². The van der Waals surface area contributed by atoms with Crippen molar-refractivity contribution >= 4 is 16.9 Å². The number of amides is 1. The highest BCUT2D eigenvalue weighted by atomic mass is 16.2. The molecule has 1 N–H and O–H groups in total. The van der Waals surface area contributed by atoms with Crippen LogP contribution in [0, 0.1) is 20.8 Å². The first kappa shape index (κ1) is 15.7. The molecular formula is C19H21N5O. The predicted molar refractivity (Wildman–Crippen MR) is 95.6 cm³/mol. The van der Waals surface area contributed by atoms with Crippen LogP contribution in [-0.2, 0) is 0 Å². The Labute approximate surface area is 146 Å². The summed E-state index contributed by atoms with van der Waals surface area (Å²) < 4.78 is 0. The molecule has 1 unspecified atom stereocenters. The minimum atomic E-state index is 0.0565. The van der Waals surface area contributed by atoms with Crippen LogP contribution in [0.25, 0.3) is 11.0 Å². The summed E-state index contributed by atoms with van der Waals surface area (Å²) in [7, 11) is 0. The molecule has 6 nitrogen and oxygen atoms in total. The maximum Gasteiger partial charge on any atom is 0.253 e. The molecule has 4 rings (SSSR count). The molecule has 1 amide bonds. The van der Waals surface area contributed by atoms with E-state index in [1.807, 2.05) is 49.9 Å². The Kier molecular flexibility index (Phi) is 3.75. The minimum absolute atomic E-state index is 0.0565. The average Bonchev–Trinajstić information content (AvgIpc) is 3.18. The van der Waals surface area contributed by atoms with Gasteiger partial charge in [-0.2, -0.15) is 0 Å². The van der Waals surface area contributed by atoms with E-state index in [1.165, 1.54) is 0 Å². The van der Waals surface area contributed by atoms with Gasteiger partial charge in [0.05, 0.1) is 11.0 Å². The number of aromatic nitrogens is 4. The second kappa shape index (κ2) is 5.95. The van der Waals surface area contributed by atoms with E-state index in [2.05, 4.69) is 19.9 Å². The molecule has 1 atom stereocenters. The molecule has 1 aliphatic heterocycles. The van der Waals surface area contributed by atoms with Gasteiger partial charge in [0.15, 0.2) is 0 Å². The van der Waals surface area contributed by atoms with Crippen LogP contribution in [0.4, 0.5) is 0 Å². The van der Waals surface area contributed by atoms with E-state index < -0.39 is 0 Å². The number of nitrogens with zero attached hydrogens (tertiary/aromatic N) is 4. The second-order valence-corrected chi connectivity index (χ2v) is 6.80. The van der Waals surface area contributed by atoms with Crippen LogP contribution in [0.1, 0.15) is 45.7 Å². The largest absolute Gasteiger partial charge is 0.342 e. The van der Waals surface area contributed by atoms with Gasteiger partial charge < -0.3 is 9.88 Å². The third-order valence-electron chi connectivity index (χ3n) is 4.69. The third kappa shape index (κ3) is 2.99. The first-order valence-electron chi connectivity index (χ1n) is 8.57. The first-order chi connectivity index (χ1) is 12.0. The van der Waals surface area contributed by atoms with Gasteiger partial charge in [0.2, 0.25) is 0 Å². The molecule has 1 aliphatic rings. The van der Waals surface area contributed by atoms with Crippen molar-refractivity contribution in [2.45, 2.75) is 33.1 Å². The van der Waals surface area contributed by atoms with E-state index in [4.69, 9.17) is 0 Å². The van der Waals surface area contributed by atoms with Gasteiger partial charge in [-0.1, -0.05) is 0 Å². The van der Waals surface area contributed by atoms with Crippen LogP contribution < -0.4 is 0 Å². The Hall–Kier alpha value is -2.76. The zero-order valence-electron chi connectivity index (χ0n) is 14.7. The predicted octanol–water partition coefficient (Wildman–Crippen LogP) is 2.91. The summed E-state index contributed by atoms with van der Waals surface area (Å²) in [5.74, 6) is 1.97. The van der Waals surface area contributed by atoms with Gasteiger partial charge in [-0.3, -0.25) is 4.79 Å². The number of aromatic amines is 1. The van der Waals surface area contributed by atoms with Gasteiger partial charge in [-0.15, -0.1) is 0 Å². The molecule has 3 heterocycles. The summed E-state index contributed by atoms with van der Waals surface area (Å²) in [4.78, 5) is 31.5. The zero-order valence-corrected chi connectivity index (χ0v) is 14.7. The van der Waals surface area contributed by atoms with Crippen molar-refractivity contribution in [3.05, 3.63) is 52.9 Å². The minimum Gasteiger partial charge on any atom is -0.342 e.